The molecular formula is C9H9BrF2O3S. The zero-order valence-electron chi connectivity index (χ0n) is 8.30. The minimum Gasteiger partial charge on any atom is -0.480 e. The lowest BCUT2D eigenvalue weighted by atomic mass is 10.1. The lowest BCUT2D eigenvalue weighted by Gasteiger charge is -2.15. The highest BCUT2D eigenvalue weighted by molar-refractivity contribution is 9.11. The quantitative estimate of drug-likeness (QED) is 0.908. The Labute approximate surface area is 103 Å². The molecule has 1 N–H and O–H groups in total. The van der Waals surface area contributed by atoms with Crippen LogP contribution in [0.1, 0.15) is 10.4 Å². The third kappa shape index (κ3) is 3.50. The van der Waals surface area contributed by atoms with Gasteiger partial charge in [0.05, 0.1) is 3.79 Å². The molecule has 0 atom stereocenters. The van der Waals surface area contributed by atoms with Gasteiger partial charge in [0.15, 0.2) is 0 Å². The molecule has 0 saturated carbocycles. The fourth-order valence-corrected chi connectivity index (χ4v) is 2.90. The Hall–Kier alpha value is -0.530. The molecule has 1 rings (SSSR count). The summed E-state index contributed by atoms with van der Waals surface area (Å²) in [5.74, 6) is -4.43. The first-order valence-corrected chi connectivity index (χ1v) is 5.87. The molecule has 0 saturated heterocycles. The molecule has 1 aromatic heterocycles. The minimum absolute atomic E-state index is 0.130. The van der Waals surface area contributed by atoms with Gasteiger partial charge in [-0.1, -0.05) is 0 Å². The smallest absolute Gasteiger partial charge is 0.329 e. The summed E-state index contributed by atoms with van der Waals surface area (Å²) in [6, 6.07) is 1.32. The van der Waals surface area contributed by atoms with E-state index in [0.717, 1.165) is 0 Å². The van der Waals surface area contributed by atoms with Crippen LogP contribution in [0.25, 0.3) is 0 Å². The van der Waals surface area contributed by atoms with Crippen LogP contribution in [-0.2, 0) is 15.5 Å². The number of hydrogen-bond acceptors (Lipinski definition) is 3. The fraction of sp³-hybridized carbons (Fsp3) is 0.444. The molecule has 3 nitrogen and oxygen atoms in total. The number of carbonyl (C=O) groups is 1. The van der Waals surface area contributed by atoms with E-state index in [1.807, 2.05) is 0 Å². The van der Waals surface area contributed by atoms with E-state index in [-0.39, 0.29) is 5.56 Å². The second-order valence-corrected chi connectivity index (χ2v) is 5.75. The van der Waals surface area contributed by atoms with Gasteiger partial charge in [0, 0.05) is 10.4 Å². The predicted molar refractivity (Wildman–Crippen MR) is 59.1 cm³/mol. The number of aliphatic carboxylic acids is 1. The molecule has 0 amide bonds. The number of aryl methyl sites for hydroxylation is 1. The van der Waals surface area contributed by atoms with Crippen molar-refractivity contribution < 1.29 is 23.4 Å². The summed E-state index contributed by atoms with van der Waals surface area (Å²) < 4.78 is 32.1. The molecule has 0 fully saturated rings. The van der Waals surface area contributed by atoms with Crippen LogP contribution in [0.5, 0.6) is 0 Å². The van der Waals surface area contributed by atoms with E-state index < -0.39 is 25.1 Å². The second kappa shape index (κ2) is 5.20. The summed E-state index contributed by atoms with van der Waals surface area (Å²) in [7, 11) is 0. The van der Waals surface area contributed by atoms with Crippen molar-refractivity contribution in [1.82, 2.24) is 0 Å². The Balaban J connectivity index is 2.69. The van der Waals surface area contributed by atoms with Gasteiger partial charge in [-0.15, -0.1) is 11.3 Å². The van der Waals surface area contributed by atoms with Crippen molar-refractivity contribution in [3.8, 4) is 0 Å². The average Bonchev–Trinajstić information content (AvgIpc) is 2.44. The molecule has 1 aromatic rings. The van der Waals surface area contributed by atoms with Crippen molar-refractivity contribution in [2.75, 3.05) is 13.2 Å². The predicted octanol–water partition coefficient (Wildman–Crippen LogP) is 3.01. The standard InChI is InChI=1S/C9H9BrF2O3S/c1-5-6(2-7(10)16-5)9(11,12)4-15-3-8(13)14/h2H,3-4H2,1H3,(H,13,14). The van der Waals surface area contributed by atoms with Crippen LogP contribution in [-0.4, -0.2) is 24.3 Å². The number of halogens is 3. The Morgan fingerprint density at radius 3 is 2.75 bits per heavy atom. The highest BCUT2D eigenvalue weighted by Crippen LogP contribution is 2.37. The summed E-state index contributed by atoms with van der Waals surface area (Å²) in [6.45, 7) is -0.0703. The van der Waals surface area contributed by atoms with Crippen LogP contribution in [0.15, 0.2) is 9.85 Å². The number of rotatable bonds is 5. The average molecular weight is 315 g/mol. The highest BCUT2D eigenvalue weighted by atomic mass is 79.9. The van der Waals surface area contributed by atoms with Crippen LogP contribution in [0, 0.1) is 6.92 Å². The van der Waals surface area contributed by atoms with E-state index >= 15 is 0 Å². The van der Waals surface area contributed by atoms with Gasteiger partial charge in [-0.05, 0) is 28.9 Å². The highest BCUT2D eigenvalue weighted by Gasteiger charge is 2.35. The SMILES string of the molecule is Cc1sc(Br)cc1C(F)(F)COCC(=O)O. The monoisotopic (exact) mass is 314 g/mol. The Morgan fingerprint density at radius 2 is 2.31 bits per heavy atom. The number of hydrogen-bond donors (Lipinski definition) is 1. The summed E-state index contributed by atoms with van der Waals surface area (Å²) in [6.07, 6.45) is 0. The van der Waals surface area contributed by atoms with Crippen LogP contribution in [0.2, 0.25) is 0 Å². The fourth-order valence-electron chi connectivity index (χ4n) is 1.15. The van der Waals surface area contributed by atoms with Crippen molar-refractivity contribution in [1.29, 1.82) is 0 Å². The maximum atomic E-state index is 13.5. The van der Waals surface area contributed by atoms with E-state index in [2.05, 4.69) is 20.7 Å². The van der Waals surface area contributed by atoms with Crippen molar-refractivity contribution in [3.63, 3.8) is 0 Å². The van der Waals surface area contributed by atoms with Gasteiger partial charge in [0.2, 0.25) is 0 Å². The van der Waals surface area contributed by atoms with E-state index in [4.69, 9.17) is 5.11 Å². The Kier molecular flexibility index (Phi) is 4.40. The second-order valence-electron chi connectivity index (χ2n) is 3.11. The Morgan fingerprint density at radius 1 is 1.69 bits per heavy atom. The van der Waals surface area contributed by atoms with Gasteiger partial charge in [-0.3, -0.25) is 0 Å². The van der Waals surface area contributed by atoms with Gasteiger partial charge in [-0.25, -0.2) is 4.79 Å². The number of ether oxygens (including phenoxy) is 1. The number of thiophene rings is 1. The summed E-state index contributed by atoms with van der Waals surface area (Å²) >= 11 is 4.32. The van der Waals surface area contributed by atoms with Gasteiger partial charge < -0.3 is 9.84 Å². The molecule has 0 aromatic carbocycles. The summed E-state index contributed by atoms with van der Waals surface area (Å²) in [4.78, 5) is 10.6. The first kappa shape index (κ1) is 13.5. The zero-order chi connectivity index (χ0) is 12.3. The van der Waals surface area contributed by atoms with Crippen molar-refractivity contribution in [2.24, 2.45) is 0 Å². The van der Waals surface area contributed by atoms with Crippen LogP contribution < -0.4 is 0 Å². The minimum atomic E-state index is -3.16. The molecule has 0 unspecified atom stereocenters. The molecule has 90 valence electrons. The van der Waals surface area contributed by atoms with Gasteiger partial charge in [0.1, 0.15) is 13.2 Å². The largest absolute Gasteiger partial charge is 0.480 e. The van der Waals surface area contributed by atoms with Gasteiger partial charge in [-0.2, -0.15) is 8.78 Å². The number of alkyl halides is 2. The molecule has 0 aliphatic carbocycles. The lowest BCUT2D eigenvalue weighted by Crippen LogP contribution is -2.23. The van der Waals surface area contributed by atoms with Crippen LogP contribution in [0.3, 0.4) is 0 Å². The van der Waals surface area contributed by atoms with Gasteiger partial charge in [0.25, 0.3) is 5.92 Å². The molecule has 0 aliphatic rings. The van der Waals surface area contributed by atoms with Gasteiger partial charge >= 0.3 is 5.97 Å². The van der Waals surface area contributed by atoms with E-state index in [9.17, 15) is 13.6 Å². The molecule has 1 heterocycles. The van der Waals surface area contributed by atoms with Crippen molar-refractivity contribution in [3.05, 3.63) is 20.3 Å². The zero-order valence-corrected chi connectivity index (χ0v) is 10.7. The summed E-state index contributed by atoms with van der Waals surface area (Å²) in [5.41, 5.74) is -0.130. The van der Waals surface area contributed by atoms with E-state index in [1.165, 1.54) is 17.4 Å². The normalized spacial score (nSPS) is 11.8. The summed E-state index contributed by atoms with van der Waals surface area (Å²) in [5, 5.41) is 8.26. The van der Waals surface area contributed by atoms with Crippen LogP contribution >= 0.6 is 27.3 Å². The Bertz CT molecular complexity index is 392. The van der Waals surface area contributed by atoms with Crippen molar-refractivity contribution >= 4 is 33.2 Å². The van der Waals surface area contributed by atoms with E-state index in [0.29, 0.717) is 8.66 Å². The maximum Gasteiger partial charge on any atom is 0.329 e. The topological polar surface area (TPSA) is 46.5 Å². The third-order valence-corrected chi connectivity index (χ3v) is 3.34. The first-order valence-electron chi connectivity index (χ1n) is 4.26. The lowest BCUT2D eigenvalue weighted by molar-refractivity contribution is -0.147. The third-order valence-electron chi connectivity index (χ3n) is 1.79. The van der Waals surface area contributed by atoms with Crippen molar-refractivity contribution in [2.45, 2.75) is 12.8 Å². The molecule has 0 bridgehead atoms. The van der Waals surface area contributed by atoms with Crippen LogP contribution in [0.4, 0.5) is 8.78 Å². The molecule has 0 spiro atoms. The molecule has 16 heavy (non-hydrogen) atoms. The molecule has 0 radical (unpaired) electrons. The molecule has 0 aliphatic heterocycles. The first-order chi connectivity index (χ1) is 7.33. The molecule has 7 heteroatoms. The van der Waals surface area contributed by atoms with E-state index in [1.54, 1.807) is 6.92 Å². The number of carboxylic acid groups (broad SMARTS) is 1. The molecular weight excluding hydrogens is 306 g/mol. The maximum absolute atomic E-state index is 13.5. The number of carboxylic acids is 1.